The quantitative estimate of drug-likeness (QED) is 0.683. The van der Waals surface area contributed by atoms with Gasteiger partial charge in [0.25, 0.3) is 0 Å². The number of ether oxygens (including phenoxy) is 1. The molecule has 0 spiro atoms. The molecule has 3 heterocycles. The van der Waals surface area contributed by atoms with Crippen molar-refractivity contribution in [3.63, 3.8) is 0 Å². The second kappa shape index (κ2) is 11.3. The van der Waals surface area contributed by atoms with E-state index in [2.05, 4.69) is 50.4 Å². The topological polar surface area (TPSA) is 57.7 Å². The standard InChI is InChI=1S/C26H36N4O2/c1-32-24-7-8-25(28-19-24)30-17-12-23(13-18-30)26(31)27-14-9-21-10-15-29(16-11-21)20-22-5-3-2-4-6-22/h2-8,19,21,23H,9-18,20H2,1H3,(H,27,31). The van der Waals surface area contributed by atoms with Crippen LogP contribution in [0.25, 0.3) is 0 Å². The van der Waals surface area contributed by atoms with Crippen LogP contribution in [0.15, 0.2) is 48.7 Å². The molecule has 0 radical (unpaired) electrons. The van der Waals surface area contributed by atoms with Gasteiger partial charge < -0.3 is 15.0 Å². The number of pyridine rings is 1. The number of carbonyl (C=O) groups excluding carboxylic acids is 1. The first kappa shape index (κ1) is 22.6. The molecule has 2 saturated heterocycles. The Morgan fingerprint density at radius 1 is 1.03 bits per heavy atom. The molecule has 2 fully saturated rings. The van der Waals surface area contributed by atoms with Crippen molar-refractivity contribution in [3.05, 3.63) is 54.2 Å². The highest BCUT2D eigenvalue weighted by atomic mass is 16.5. The summed E-state index contributed by atoms with van der Waals surface area (Å²) in [6, 6.07) is 14.7. The Kier molecular flexibility index (Phi) is 7.99. The monoisotopic (exact) mass is 436 g/mol. The second-order valence-electron chi connectivity index (χ2n) is 9.10. The van der Waals surface area contributed by atoms with Crippen LogP contribution in [0.2, 0.25) is 0 Å². The van der Waals surface area contributed by atoms with Gasteiger partial charge >= 0.3 is 0 Å². The lowest BCUT2D eigenvalue weighted by Gasteiger charge is -2.33. The fraction of sp³-hybridized carbons (Fsp3) is 0.538. The minimum absolute atomic E-state index is 0.122. The summed E-state index contributed by atoms with van der Waals surface area (Å²) in [4.78, 5) is 21.9. The Morgan fingerprint density at radius 2 is 1.78 bits per heavy atom. The summed E-state index contributed by atoms with van der Waals surface area (Å²) in [6.45, 7) is 5.92. The third-order valence-corrected chi connectivity index (χ3v) is 6.95. The molecule has 0 bridgehead atoms. The number of methoxy groups -OCH3 is 1. The first-order valence-electron chi connectivity index (χ1n) is 12.0. The summed E-state index contributed by atoms with van der Waals surface area (Å²) in [5.41, 5.74) is 1.40. The molecule has 2 aromatic rings. The van der Waals surface area contributed by atoms with Crippen LogP contribution in [0.5, 0.6) is 5.75 Å². The third kappa shape index (κ3) is 6.22. The van der Waals surface area contributed by atoms with Gasteiger partial charge in [-0.25, -0.2) is 4.98 Å². The van der Waals surface area contributed by atoms with Crippen molar-refractivity contribution >= 4 is 11.7 Å². The second-order valence-corrected chi connectivity index (χ2v) is 9.10. The lowest BCUT2D eigenvalue weighted by atomic mass is 9.92. The van der Waals surface area contributed by atoms with Gasteiger partial charge in [0.1, 0.15) is 11.6 Å². The van der Waals surface area contributed by atoms with Crippen molar-refractivity contribution in [2.24, 2.45) is 11.8 Å². The lowest BCUT2D eigenvalue weighted by Crippen LogP contribution is -2.41. The van der Waals surface area contributed by atoms with E-state index in [1.165, 1.54) is 18.4 Å². The van der Waals surface area contributed by atoms with E-state index in [9.17, 15) is 4.79 Å². The largest absolute Gasteiger partial charge is 0.495 e. The number of hydrogen-bond donors (Lipinski definition) is 1. The number of benzene rings is 1. The average molecular weight is 437 g/mol. The zero-order chi connectivity index (χ0) is 22.2. The number of nitrogens with one attached hydrogen (secondary N) is 1. The average Bonchev–Trinajstić information content (AvgIpc) is 2.86. The van der Waals surface area contributed by atoms with E-state index in [-0.39, 0.29) is 11.8 Å². The van der Waals surface area contributed by atoms with Crippen LogP contribution in [-0.4, -0.2) is 55.6 Å². The van der Waals surface area contributed by atoms with Gasteiger partial charge in [-0.3, -0.25) is 9.69 Å². The van der Waals surface area contributed by atoms with E-state index < -0.39 is 0 Å². The van der Waals surface area contributed by atoms with Crippen molar-refractivity contribution < 1.29 is 9.53 Å². The molecule has 0 saturated carbocycles. The van der Waals surface area contributed by atoms with Crippen LogP contribution in [-0.2, 0) is 11.3 Å². The van der Waals surface area contributed by atoms with Crippen molar-refractivity contribution in [2.45, 2.75) is 38.6 Å². The van der Waals surface area contributed by atoms with Gasteiger partial charge in [-0.15, -0.1) is 0 Å². The van der Waals surface area contributed by atoms with Crippen LogP contribution >= 0.6 is 0 Å². The number of nitrogens with zero attached hydrogens (tertiary/aromatic N) is 3. The van der Waals surface area contributed by atoms with E-state index in [1.807, 2.05) is 12.1 Å². The number of amides is 1. The number of likely N-dealkylation sites (tertiary alicyclic amines) is 1. The highest BCUT2D eigenvalue weighted by Crippen LogP contribution is 2.24. The highest BCUT2D eigenvalue weighted by Gasteiger charge is 2.26. The Hall–Kier alpha value is -2.60. The molecule has 0 unspecified atom stereocenters. The zero-order valence-electron chi connectivity index (χ0n) is 19.2. The minimum Gasteiger partial charge on any atom is -0.495 e. The van der Waals surface area contributed by atoms with E-state index in [0.29, 0.717) is 0 Å². The zero-order valence-corrected chi connectivity index (χ0v) is 19.2. The summed E-state index contributed by atoms with van der Waals surface area (Å²) >= 11 is 0. The van der Waals surface area contributed by atoms with Gasteiger partial charge in [0.2, 0.25) is 5.91 Å². The van der Waals surface area contributed by atoms with Crippen LogP contribution in [0, 0.1) is 11.8 Å². The first-order valence-corrected chi connectivity index (χ1v) is 12.0. The highest BCUT2D eigenvalue weighted by molar-refractivity contribution is 5.78. The SMILES string of the molecule is COc1ccc(N2CCC(C(=O)NCCC3CCN(Cc4ccccc4)CC3)CC2)nc1. The molecule has 1 N–H and O–H groups in total. The summed E-state index contributed by atoms with van der Waals surface area (Å²) in [6.07, 6.45) is 7.08. The number of rotatable bonds is 8. The number of hydrogen-bond acceptors (Lipinski definition) is 5. The Balaban J connectivity index is 1.11. The molecule has 1 aromatic heterocycles. The number of anilines is 1. The molecule has 2 aliphatic rings. The van der Waals surface area contributed by atoms with E-state index in [4.69, 9.17) is 4.74 Å². The van der Waals surface area contributed by atoms with Crippen molar-refractivity contribution in [1.82, 2.24) is 15.2 Å². The van der Waals surface area contributed by atoms with Crippen LogP contribution in [0.3, 0.4) is 0 Å². The van der Waals surface area contributed by atoms with Crippen molar-refractivity contribution in [3.8, 4) is 5.75 Å². The number of aromatic nitrogens is 1. The fourth-order valence-electron chi connectivity index (χ4n) is 4.87. The van der Waals surface area contributed by atoms with Gasteiger partial charge in [-0.2, -0.15) is 0 Å². The van der Waals surface area contributed by atoms with Gasteiger partial charge in [0, 0.05) is 32.1 Å². The molecule has 0 atom stereocenters. The first-order chi connectivity index (χ1) is 15.7. The summed E-state index contributed by atoms with van der Waals surface area (Å²) in [7, 11) is 1.65. The van der Waals surface area contributed by atoms with Crippen LogP contribution in [0.4, 0.5) is 5.82 Å². The summed E-state index contributed by atoms with van der Waals surface area (Å²) in [5, 5.41) is 3.22. The summed E-state index contributed by atoms with van der Waals surface area (Å²) < 4.78 is 5.18. The lowest BCUT2D eigenvalue weighted by molar-refractivity contribution is -0.125. The Bertz CT molecular complexity index is 827. The molecule has 1 aromatic carbocycles. The fourth-order valence-corrected chi connectivity index (χ4v) is 4.87. The maximum atomic E-state index is 12.7. The predicted octanol–water partition coefficient (Wildman–Crippen LogP) is 3.73. The maximum absolute atomic E-state index is 12.7. The Labute approximate surface area is 192 Å². The molecule has 0 aliphatic carbocycles. The van der Waals surface area contributed by atoms with Crippen LogP contribution in [0.1, 0.15) is 37.7 Å². The van der Waals surface area contributed by atoms with Gasteiger partial charge in [0.15, 0.2) is 0 Å². The van der Waals surface area contributed by atoms with Crippen molar-refractivity contribution in [1.29, 1.82) is 0 Å². The van der Waals surface area contributed by atoms with Gasteiger partial charge in [-0.1, -0.05) is 30.3 Å². The van der Waals surface area contributed by atoms with Gasteiger partial charge in [-0.05, 0) is 68.8 Å². The third-order valence-electron chi connectivity index (χ3n) is 6.95. The normalized spacial score (nSPS) is 18.5. The van der Waals surface area contributed by atoms with E-state index >= 15 is 0 Å². The Morgan fingerprint density at radius 3 is 2.44 bits per heavy atom. The maximum Gasteiger partial charge on any atom is 0.223 e. The molecule has 6 heteroatoms. The molecule has 172 valence electrons. The smallest absolute Gasteiger partial charge is 0.223 e. The number of carbonyl (C=O) groups is 1. The summed E-state index contributed by atoms with van der Waals surface area (Å²) in [5.74, 6) is 2.81. The molecule has 4 rings (SSSR count). The molecule has 1 amide bonds. The minimum atomic E-state index is 0.122. The molecule has 6 nitrogen and oxygen atoms in total. The molecular formula is C26H36N4O2. The van der Waals surface area contributed by atoms with E-state index in [1.54, 1.807) is 13.3 Å². The predicted molar refractivity (Wildman–Crippen MR) is 128 cm³/mol. The number of piperidine rings is 2. The van der Waals surface area contributed by atoms with Gasteiger partial charge in [0.05, 0.1) is 13.3 Å². The van der Waals surface area contributed by atoms with Crippen LogP contribution < -0.4 is 15.0 Å². The molecule has 2 aliphatic heterocycles. The van der Waals surface area contributed by atoms with Crippen molar-refractivity contribution in [2.75, 3.05) is 44.7 Å². The molecular weight excluding hydrogens is 400 g/mol. The molecule has 32 heavy (non-hydrogen) atoms. The van der Waals surface area contributed by atoms with E-state index in [0.717, 1.165) is 76.0 Å².